The van der Waals surface area contributed by atoms with Crippen LogP contribution in [-0.4, -0.2) is 6.54 Å². The zero-order chi connectivity index (χ0) is 23.0. The first-order valence-corrected chi connectivity index (χ1v) is 11.7. The Bertz CT molecular complexity index is 1280. The predicted molar refractivity (Wildman–Crippen MR) is 136 cm³/mol. The van der Waals surface area contributed by atoms with Crippen LogP contribution < -0.4 is 14.8 Å². The second-order valence-electron chi connectivity index (χ2n) is 8.32. The zero-order valence-corrected chi connectivity index (χ0v) is 19.0. The molecule has 0 saturated carbocycles. The Balaban J connectivity index is 1.44. The summed E-state index contributed by atoms with van der Waals surface area (Å²) in [6, 6.07) is 34.7. The topological polar surface area (TPSA) is 30.5 Å². The standard InChI is InChI=1S/C31H27NO2/c1-4-10-24(11-5-1)16-17-29-28-21-31(34-23-26-14-8-3-9-15-26)30(20-27(28)18-19-32-29)33-22-25-12-6-2-7-13-25/h1-15,20-21,29,32H,18-19,22-23H2. The molecule has 3 heteroatoms. The summed E-state index contributed by atoms with van der Waals surface area (Å²) in [6.07, 6.45) is 0.930. The van der Waals surface area contributed by atoms with E-state index in [9.17, 15) is 0 Å². The van der Waals surface area contributed by atoms with Crippen LogP contribution in [0.4, 0.5) is 0 Å². The molecule has 0 radical (unpaired) electrons. The lowest BCUT2D eigenvalue weighted by Gasteiger charge is -2.25. The number of hydrogen-bond donors (Lipinski definition) is 1. The van der Waals surface area contributed by atoms with E-state index in [2.05, 4.69) is 53.6 Å². The Labute approximate surface area is 201 Å². The minimum Gasteiger partial charge on any atom is -0.485 e. The van der Waals surface area contributed by atoms with Crippen LogP contribution in [0.2, 0.25) is 0 Å². The highest BCUT2D eigenvalue weighted by Crippen LogP contribution is 2.36. The second-order valence-corrected chi connectivity index (χ2v) is 8.32. The van der Waals surface area contributed by atoms with Crippen LogP contribution in [0.15, 0.2) is 103 Å². The summed E-state index contributed by atoms with van der Waals surface area (Å²) in [6.45, 7) is 1.86. The number of nitrogens with one attached hydrogen (secondary N) is 1. The smallest absolute Gasteiger partial charge is 0.162 e. The molecule has 0 spiro atoms. The van der Waals surface area contributed by atoms with Gasteiger partial charge in [-0.05, 0) is 52.9 Å². The molecular weight excluding hydrogens is 418 g/mol. The Morgan fingerprint density at radius 3 is 1.88 bits per heavy atom. The van der Waals surface area contributed by atoms with Crippen molar-refractivity contribution < 1.29 is 9.47 Å². The van der Waals surface area contributed by atoms with E-state index in [1.54, 1.807) is 0 Å². The van der Waals surface area contributed by atoms with Gasteiger partial charge in [0.1, 0.15) is 13.2 Å². The average molecular weight is 446 g/mol. The molecule has 3 nitrogen and oxygen atoms in total. The molecule has 0 aromatic heterocycles. The van der Waals surface area contributed by atoms with Crippen molar-refractivity contribution in [2.45, 2.75) is 25.7 Å². The van der Waals surface area contributed by atoms with Crippen LogP contribution in [-0.2, 0) is 19.6 Å². The van der Waals surface area contributed by atoms with Crippen molar-refractivity contribution >= 4 is 0 Å². The highest BCUT2D eigenvalue weighted by atomic mass is 16.5. The number of ether oxygens (including phenoxy) is 2. The molecule has 1 aliphatic heterocycles. The normalized spacial score (nSPS) is 14.4. The molecule has 1 N–H and O–H groups in total. The molecule has 0 saturated heterocycles. The minimum atomic E-state index is -0.0498. The maximum absolute atomic E-state index is 6.29. The summed E-state index contributed by atoms with van der Waals surface area (Å²) < 4.78 is 12.5. The van der Waals surface area contributed by atoms with Gasteiger partial charge in [0.15, 0.2) is 11.5 Å². The van der Waals surface area contributed by atoms with Gasteiger partial charge in [-0.2, -0.15) is 0 Å². The van der Waals surface area contributed by atoms with Gasteiger partial charge in [-0.1, -0.05) is 90.7 Å². The molecule has 0 amide bonds. The van der Waals surface area contributed by atoms with Gasteiger partial charge in [-0.15, -0.1) is 0 Å². The van der Waals surface area contributed by atoms with Gasteiger partial charge < -0.3 is 9.47 Å². The van der Waals surface area contributed by atoms with Gasteiger partial charge in [0.2, 0.25) is 0 Å². The van der Waals surface area contributed by atoms with Crippen LogP contribution in [0.3, 0.4) is 0 Å². The van der Waals surface area contributed by atoms with Crippen LogP contribution in [0.25, 0.3) is 0 Å². The quantitative estimate of drug-likeness (QED) is 0.365. The lowest BCUT2D eigenvalue weighted by Crippen LogP contribution is -2.29. The third-order valence-corrected chi connectivity index (χ3v) is 5.87. The molecule has 4 aromatic rings. The summed E-state index contributed by atoms with van der Waals surface area (Å²) in [4.78, 5) is 0. The second kappa shape index (κ2) is 10.7. The number of fused-ring (bicyclic) bond motifs is 1. The summed E-state index contributed by atoms with van der Waals surface area (Å²) in [7, 11) is 0. The van der Waals surface area contributed by atoms with Crippen LogP contribution in [0, 0.1) is 11.8 Å². The van der Waals surface area contributed by atoms with E-state index in [-0.39, 0.29) is 6.04 Å². The van der Waals surface area contributed by atoms with E-state index in [0.29, 0.717) is 13.2 Å². The third-order valence-electron chi connectivity index (χ3n) is 5.87. The fourth-order valence-electron chi connectivity index (χ4n) is 4.07. The third kappa shape index (κ3) is 5.49. The van der Waals surface area contributed by atoms with Crippen molar-refractivity contribution in [3.63, 3.8) is 0 Å². The van der Waals surface area contributed by atoms with E-state index < -0.39 is 0 Å². The lowest BCUT2D eigenvalue weighted by atomic mass is 9.93. The molecule has 5 rings (SSSR count). The van der Waals surface area contributed by atoms with E-state index in [0.717, 1.165) is 46.7 Å². The first-order chi connectivity index (χ1) is 16.8. The fraction of sp³-hybridized carbons (Fsp3) is 0.161. The molecule has 0 aliphatic carbocycles. The van der Waals surface area contributed by atoms with E-state index in [4.69, 9.17) is 9.47 Å². The first-order valence-electron chi connectivity index (χ1n) is 11.7. The van der Waals surface area contributed by atoms with E-state index in [1.165, 1.54) is 5.56 Å². The zero-order valence-electron chi connectivity index (χ0n) is 19.0. The summed E-state index contributed by atoms with van der Waals surface area (Å²) >= 11 is 0. The molecule has 34 heavy (non-hydrogen) atoms. The molecule has 0 bridgehead atoms. The monoisotopic (exact) mass is 445 g/mol. The van der Waals surface area contributed by atoms with E-state index >= 15 is 0 Å². The van der Waals surface area contributed by atoms with Crippen molar-refractivity contribution in [3.05, 3.63) is 131 Å². The van der Waals surface area contributed by atoms with Crippen LogP contribution in [0.1, 0.15) is 33.9 Å². The lowest BCUT2D eigenvalue weighted by molar-refractivity contribution is 0.255. The summed E-state index contributed by atoms with van der Waals surface area (Å²) in [5.41, 5.74) is 5.67. The van der Waals surface area contributed by atoms with Gasteiger partial charge in [0.05, 0.1) is 6.04 Å². The number of benzene rings is 4. The maximum atomic E-state index is 6.29. The van der Waals surface area contributed by atoms with Crippen molar-refractivity contribution in [1.29, 1.82) is 0 Å². The molecule has 1 heterocycles. The highest BCUT2D eigenvalue weighted by molar-refractivity contribution is 5.52. The predicted octanol–water partition coefficient (Wildman–Crippen LogP) is 6.08. The SMILES string of the molecule is C(#CC1NCCc2cc(OCc3ccccc3)c(OCc3ccccc3)cc21)c1ccccc1. The Hall–Kier alpha value is -4.00. The molecule has 168 valence electrons. The molecule has 1 atom stereocenters. The molecule has 1 unspecified atom stereocenters. The van der Waals surface area contributed by atoms with Crippen molar-refractivity contribution in [1.82, 2.24) is 5.32 Å². The van der Waals surface area contributed by atoms with E-state index in [1.807, 2.05) is 66.7 Å². The molecule has 0 fully saturated rings. The van der Waals surface area contributed by atoms with Gasteiger partial charge in [-0.3, -0.25) is 5.32 Å². The molecule has 1 aliphatic rings. The Morgan fingerprint density at radius 2 is 1.26 bits per heavy atom. The summed E-state index contributed by atoms with van der Waals surface area (Å²) in [5.74, 6) is 8.24. The van der Waals surface area contributed by atoms with Gasteiger partial charge in [-0.25, -0.2) is 0 Å². The number of hydrogen-bond acceptors (Lipinski definition) is 3. The molecule has 4 aromatic carbocycles. The maximum Gasteiger partial charge on any atom is 0.162 e. The van der Waals surface area contributed by atoms with Crippen molar-refractivity contribution in [3.8, 4) is 23.3 Å². The van der Waals surface area contributed by atoms with Gasteiger partial charge in [0, 0.05) is 12.1 Å². The minimum absolute atomic E-state index is 0.0498. The van der Waals surface area contributed by atoms with Gasteiger partial charge in [0.25, 0.3) is 0 Å². The average Bonchev–Trinajstić information content (AvgIpc) is 2.91. The van der Waals surface area contributed by atoms with Crippen LogP contribution in [0.5, 0.6) is 11.5 Å². The largest absolute Gasteiger partial charge is 0.485 e. The number of rotatable bonds is 6. The van der Waals surface area contributed by atoms with Crippen LogP contribution >= 0.6 is 0 Å². The van der Waals surface area contributed by atoms with Crippen molar-refractivity contribution in [2.75, 3.05) is 6.54 Å². The molecular formula is C31H27NO2. The van der Waals surface area contributed by atoms with Gasteiger partial charge >= 0.3 is 0 Å². The van der Waals surface area contributed by atoms with Crippen molar-refractivity contribution in [2.24, 2.45) is 0 Å². The highest BCUT2D eigenvalue weighted by Gasteiger charge is 2.22. The summed E-state index contributed by atoms with van der Waals surface area (Å²) in [5, 5.41) is 3.55. The Kier molecular flexibility index (Phi) is 6.90. The Morgan fingerprint density at radius 1 is 0.706 bits per heavy atom. The fourth-order valence-corrected chi connectivity index (χ4v) is 4.07. The first kappa shape index (κ1) is 21.8.